The van der Waals surface area contributed by atoms with Crippen LogP contribution in [0.1, 0.15) is 40.4 Å². The van der Waals surface area contributed by atoms with E-state index in [0.29, 0.717) is 17.9 Å². The van der Waals surface area contributed by atoms with Crippen molar-refractivity contribution in [1.82, 2.24) is 4.90 Å². The number of methoxy groups -OCH3 is 1. The first kappa shape index (κ1) is 23.5. The lowest BCUT2D eigenvalue weighted by Crippen LogP contribution is -2.47. The smallest absolute Gasteiger partial charge is 0.247 e. The molecule has 1 atom stereocenters. The van der Waals surface area contributed by atoms with Crippen LogP contribution >= 0.6 is 0 Å². The van der Waals surface area contributed by atoms with Gasteiger partial charge in [0.05, 0.1) is 13.7 Å². The molecule has 2 aliphatic rings. The predicted octanol–water partition coefficient (Wildman–Crippen LogP) is 4.60. The maximum Gasteiger partial charge on any atom is 0.247 e. The number of benzene rings is 3. The summed E-state index contributed by atoms with van der Waals surface area (Å²) in [7, 11) is 3.25. The molecule has 0 aromatic heterocycles. The van der Waals surface area contributed by atoms with Crippen molar-refractivity contribution in [2.75, 3.05) is 20.8 Å². The number of hydrogen-bond donors (Lipinski definition) is 1. The quantitative estimate of drug-likeness (QED) is 0.426. The van der Waals surface area contributed by atoms with E-state index in [1.807, 2.05) is 42.5 Å². The van der Waals surface area contributed by atoms with E-state index in [1.54, 1.807) is 39.3 Å². The van der Waals surface area contributed by atoms with E-state index in [2.05, 4.69) is 11.8 Å². The molecule has 6 heteroatoms. The first-order chi connectivity index (χ1) is 17.3. The number of amides is 1. The van der Waals surface area contributed by atoms with Gasteiger partial charge in [0, 0.05) is 12.6 Å². The summed E-state index contributed by atoms with van der Waals surface area (Å²) in [5, 5.41) is 0. The number of Topliss-reactive ketones (excluding diaryl/α,β-unsaturated/α-hetero) is 1. The van der Waals surface area contributed by atoms with Gasteiger partial charge in [0.2, 0.25) is 5.91 Å². The Balaban J connectivity index is 1.75. The molecule has 3 aromatic carbocycles. The number of likely N-dealkylation sites (N-methyl/N-ethyl adjacent to an activating group) is 1. The van der Waals surface area contributed by atoms with E-state index in [1.165, 1.54) is 4.90 Å². The molecule has 2 N–H and O–H groups in total. The highest BCUT2D eigenvalue weighted by molar-refractivity contribution is 6.01. The van der Waals surface area contributed by atoms with Crippen LogP contribution in [0.5, 0.6) is 11.5 Å². The number of fused-ring (bicyclic) bond motifs is 1. The van der Waals surface area contributed by atoms with Gasteiger partial charge in [0.1, 0.15) is 22.7 Å². The Morgan fingerprint density at radius 3 is 2.69 bits per heavy atom. The zero-order valence-electron chi connectivity index (χ0n) is 20.6. The van der Waals surface area contributed by atoms with Crippen molar-refractivity contribution in [3.63, 3.8) is 0 Å². The highest BCUT2D eigenvalue weighted by atomic mass is 16.5. The molecular formula is C30H28N2O4. The Hall–Kier alpha value is -4.28. The summed E-state index contributed by atoms with van der Waals surface area (Å²) in [4.78, 5) is 27.9. The minimum absolute atomic E-state index is 0.0495. The molecule has 0 spiro atoms. The molecule has 36 heavy (non-hydrogen) atoms. The molecule has 1 unspecified atom stereocenters. The van der Waals surface area contributed by atoms with Crippen LogP contribution in [-0.2, 0) is 16.6 Å². The summed E-state index contributed by atoms with van der Waals surface area (Å²) in [5.41, 5.74) is 12.8. The lowest BCUT2D eigenvalue weighted by atomic mass is 9.71. The zero-order chi connectivity index (χ0) is 25.4. The Morgan fingerprint density at radius 2 is 1.92 bits per heavy atom. The van der Waals surface area contributed by atoms with Crippen LogP contribution < -0.4 is 15.2 Å². The second kappa shape index (κ2) is 9.06. The van der Waals surface area contributed by atoms with Crippen LogP contribution in [0.2, 0.25) is 0 Å². The summed E-state index contributed by atoms with van der Waals surface area (Å²) in [6.07, 6.45) is 3.57. The molecule has 2 heterocycles. The Labute approximate surface area is 210 Å². The number of aryl methyl sites for hydroxylation is 1. The minimum atomic E-state index is -1.14. The third kappa shape index (κ3) is 3.76. The number of rotatable bonds is 5. The molecule has 0 saturated heterocycles. The molecule has 6 nitrogen and oxygen atoms in total. The van der Waals surface area contributed by atoms with E-state index in [0.717, 1.165) is 46.4 Å². The minimum Gasteiger partial charge on any atom is -0.497 e. The van der Waals surface area contributed by atoms with Crippen molar-refractivity contribution in [2.24, 2.45) is 5.73 Å². The van der Waals surface area contributed by atoms with Gasteiger partial charge in [-0.2, -0.15) is 0 Å². The number of ketones is 1. The van der Waals surface area contributed by atoms with Gasteiger partial charge in [-0.3, -0.25) is 14.5 Å². The predicted molar refractivity (Wildman–Crippen MR) is 138 cm³/mol. The van der Waals surface area contributed by atoms with Crippen molar-refractivity contribution in [1.29, 1.82) is 0 Å². The van der Waals surface area contributed by atoms with E-state index in [-0.39, 0.29) is 17.5 Å². The highest BCUT2D eigenvalue weighted by Crippen LogP contribution is 2.42. The first-order valence-electron chi connectivity index (χ1n) is 11.9. The Bertz CT molecular complexity index is 1450. The van der Waals surface area contributed by atoms with Crippen molar-refractivity contribution in [2.45, 2.75) is 25.2 Å². The van der Waals surface area contributed by atoms with Crippen molar-refractivity contribution in [3.05, 3.63) is 101 Å². The van der Waals surface area contributed by atoms with Gasteiger partial charge in [-0.25, -0.2) is 0 Å². The SMILES string of the molecule is COc1ccc(C(C)=O)c(-c2cccc(C3(c4ccc5c(c4)CCCO5)C=C=C(N)N(C)C3=O)c2)c1. The fraction of sp³-hybridized carbons (Fsp3) is 0.233. The van der Waals surface area contributed by atoms with Crippen LogP contribution in [-0.4, -0.2) is 37.4 Å². The average Bonchev–Trinajstić information content (AvgIpc) is 2.91. The molecule has 0 saturated carbocycles. The van der Waals surface area contributed by atoms with Crippen LogP contribution in [0.3, 0.4) is 0 Å². The second-order valence-corrected chi connectivity index (χ2v) is 9.17. The number of ether oxygens (including phenoxy) is 2. The zero-order valence-corrected chi connectivity index (χ0v) is 20.6. The third-order valence-corrected chi connectivity index (χ3v) is 7.04. The lowest BCUT2D eigenvalue weighted by Gasteiger charge is -2.36. The third-order valence-electron chi connectivity index (χ3n) is 7.04. The summed E-state index contributed by atoms with van der Waals surface area (Å²) in [6, 6.07) is 19.1. The Morgan fingerprint density at radius 1 is 1.11 bits per heavy atom. The first-order valence-corrected chi connectivity index (χ1v) is 11.9. The highest BCUT2D eigenvalue weighted by Gasteiger charge is 2.45. The van der Waals surface area contributed by atoms with Crippen LogP contribution in [0, 0.1) is 0 Å². The van der Waals surface area contributed by atoms with Crippen LogP contribution in [0.15, 0.2) is 78.3 Å². The average molecular weight is 481 g/mol. The molecule has 182 valence electrons. The number of nitrogens with two attached hydrogens (primary N) is 1. The van der Waals surface area contributed by atoms with Crippen LogP contribution in [0.25, 0.3) is 11.1 Å². The van der Waals surface area contributed by atoms with Gasteiger partial charge in [-0.15, -0.1) is 0 Å². The second-order valence-electron chi connectivity index (χ2n) is 9.17. The van der Waals surface area contributed by atoms with Crippen molar-refractivity contribution in [3.8, 4) is 22.6 Å². The van der Waals surface area contributed by atoms with Gasteiger partial charge in [0.15, 0.2) is 5.78 Å². The number of carbonyl (C=O) groups excluding carboxylic acids is 2. The van der Waals surface area contributed by atoms with Gasteiger partial charge in [-0.05, 0) is 84.0 Å². The standard InChI is InChI=1S/C30H28N2O4/c1-19(33)25-11-10-24(35-3)18-26(25)20-6-4-8-22(16-20)30(14-13-28(31)32(2)29(30)34)23-9-12-27-21(17-23)7-5-15-36-27/h4,6,8-12,14,16-18H,5,7,15,31H2,1-3H3. The molecule has 0 fully saturated rings. The number of nitrogens with zero attached hydrogens (tertiary/aromatic N) is 1. The Kier molecular flexibility index (Phi) is 5.91. The maximum absolute atomic E-state index is 14.0. The molecule has 0 radical (unpaired) electrons. The molecule has 2 aliphatic heterocycles. The molecule has 0 bridgehead atoms. The summed E-state index contributed by atoms with van der Waals surface area (Å²) >= 11 is 0. The van der Waals surface area contributed by atoms with E-state index in [9.17, 15) is 9.59 Å². The fourth-order valence-electron chi connectivity index (χ4n) is 5.03. The molecule has 0 aliphatic carbocycles. The fourth-order valence-corrected chi connectivity index (χ4v) is 5.03. The molecule has 1 amide bonds. The lowest BCUT2D eigenvalue weighted by molar-refractivity contribution is -0.131. The topological polar surface area (TPSA) is 81.9 Å². The number of hydrogen-bond acceptors (Lipinski definition) is 5. The van der Waals surface area contributed by atoms with Gasteiger partial charge in [0.25, 0.3) is 0 Å². The molecular weight excluding hydrogens is 452 g/mol. The van der Waals surface area contributed by atoms with Gasteiger partial charge in [-0.1, -0.05) is 36.1 Å². The number of carbonyl (C=O) groups is 2. The van der Waals surface area contributed by atoms with Crippen molar-refractivity contribution >= 4 is 11.7 Å². The van der Waals surface area contributed by atoms with Gasteiger partial charge < -0.3 is 15.2 Å². The monoisotopic (exact) mass is 480 g/mol. The summed E-state index contributed by atoms with van der Waals surface area (Å²) in [5.74, 6) is 1.54. The van der Waals surface area contributed by atoms with E-state index < -0.39 is 5.41 Å². The normalized spacial score (nSPS) is 18.8. The summed E-state index contributed by atoms with van der Waals surface area (Å²) in [6.45, 7) is 2.24. The largest absolute Gasteiger partial charge is 0.497 e. The van der Waals surface area contributed by atoms with Crippen molar-refractivity contribution < 1.29 is 19.1 Å². The van der Waals surface area contributed by atoms with E-state index in [4.69, 9.17) is 15.2 Å². The molecule has 3 aromatic rings. The van der Waals surface area contributed by atoms with Gasteiger partial charge >= 0.3 is 0 Å². The maximum atomic E-state index is 14.0. The van der Waals surface area contributed by atoms with Crippen LogP contribution in [0.4, 0.5) is 0 Å². The molecule has 5 rings (SSSR count). The summed E-state index contributed by atoms with van der Waals surface area (Å²) < 4.78 is 11.2. The van der Waals surface area contributed by atoms with E-state index >= 15 is 0 Å².